The van der Waals surface area contributed by atoms with E-state index in [1.165, 1.54) is 4.90 Å². The first-order chi connectivity index (χ1) is 15.7. The summed E-state index contributed by atoms with van der Waals surface area (Å²) in [6.07, 6.45) is 2.04. The number of amides is 1. The van der Waals surface area contributed by atoms with Crippen molar-refractivity contribution in [1.82, 2.24) is 14.8 Å². The molecule has 1 atom stereocenters. The molecule has 2 aromatic carbocycles. The maximum absolute atomic E-state index is 12.9. The molecule has 3 aromatic rings. The number of rotatable bonds is 7. The van der Waals surface area contributed by atoms with E-state index in [1.54, 1.807) is 28.9 Å². The predicted octanol–water partition coefficient (Wildman–Crippen LogP) is 4.89. The van der Waals surface area contributed by atoms with Crippen LogP contribution in [0.4, 0.5) is 10.7 Å². The van der Waals surface area contributed by atoms with Crippen molar-refractivity contribution in [2.45, 2.75) is 32.0 Å². The summed E-state index contributed by atoms with van der Waals surface area (Å²) in [7, 11) is 0. The minimum absolute atomic E-state index is 0.165. The summed E-state index contributed by atoms with van der Waals surface area (Å²) in [5.74, 6) is 0.974. The maximum atomic E-state index is 12.9. The number of aromatic hydroxyl groups is 1. The molecule has 1 aromatic heterocycles. The van der Waals surface area contributed by atoms with Crippen molar-refractivity contribution in [1.29, 1.82) is 0 Å². The Labute approximate surface area is 194 Å². The summed E-state index contributed by atoms with van der Waals surface area (Å²) in [5.41, 5.74) is 1.70. The number of benzene rings is 2. The zero-order chi connectivity index (χ0) is 22.3. The van der Waals surface area contributed by atoms with E-state index >= 15 is 0 Å². The van der Waals surface area contributed by atoms with Crippen molar-refractivity contribution in [3.05, 3.63) is 60.2 Å². The number of phenols is 1. The molecular weight excluding hydrogens is 476 g/mol. The number of hydrogen-bond donors (Lipinski definition) is 1. The largest absolute Gasteiger partial charge is 0.508 e. The lowest BCUT2D eigenvalue weighted by Gasteiger charge is -2.24. The highest BCUT2D eigenvalue weighted by atomic mass is 79.9. The first-order valence-corrected chi connectivity index (χ1v) is 11.7. The van der Waals surface area contributed by atoms with Gasteiger partial charge in [-0.3, -0.25) is 0 Å². The number of carbonyl (C=O) groups excluding carboxylic acids is 1. The number of carbonyl (C=O) groups is 1. The first kappa shape index (κ1) is 22.3. The molecule has 1 aliphatic rings. The number of phenolic OH excluding ortho intramolecular Hbond substituents is 1. The van der Waals surface area contributed by atoms with Gasteiger partial charge in [0, 0.05) is 17.5 Å². The van der Waals surface area contributed by atoms with Crippen molar-refractivity contribution in [3.8, 4) is 17.1 Å². The summed E-state index contributed by atoms with van der Waals surface area (Å²) in [6, 6.07) is 16.4. The van der Waals surface area contributed by atoms with Crippen LogP contribution in [0.2, 0.25) is 0 Å². The van der Waals surface area contributed by atoms with Crippen LogP contribution < -0.4 is 4.90 Å². The van der Waals surface area contributed by atoms with E-state index in [2.05, 4.69) is 21.0 Å². The van der Waals surface area contributed by atoms with E-state index in [0.717, 1.165) is 30.4 Å². The number of anilines is 1. The van der Waals surface area contributed by atoms with Gasteiger partial charge < -0.3 is 14.6 Å². The van der Waals surface area contributed by atoms with Crippen LogP contribution in [-0.2, 0) is 16.0 Å². The van der Waals surface area contributed by atoms with Gasteiger partial charge in [-0.05, 0) is 49.1 Å². The van der Waals surface area contributed by atoms with Crippen LogP contribution >= 0.6 is 15.9 Å². The van der Waals surface area contributed by atoms with Crippen molar-refractivity contribution in [2.75, 3.05) is 23.4 Å². The number of alkyl halides is 1. The molecule has 0 aliphatic carbocycles. The van der Waals surface area contributed by atoms with Crippen LogP contribution in [0.3, 0.4) is 0 Å². The molecule has 32 heavy (non-hydrogen) atoms. The number of nitrogens with zero attached hydrogens (tertiary/aromatic N) is 4. The number of aromatic nitrogens is 3. The molecule has 9 heteroatoms. The van der Waals surface area contributed by atoms with E-state index in [0.29, 0.717) is 17.8 Å². The average Bonchev–Trinajstić information content (AvgIpc) is 3.28. The molecule has 168 valence electrons. The molecule has 8 nitrogen and oxygen atoms in total. The SMILES string of the molecule is O=C(OCCBr)N(Cc1ccccc1)c1nc(-c2ccc(O)cc2)n(C2CCCCO2)n1. The van der Waals surface area contributed by atoms with Crippen LogP contribution in [0.25, 0.3) is 11.4 Å². The second-order valence-electron chi connectivity index (χ2n) is 7.42. The van der Waals surface area contributed by atoms with Crippen molar-refractivity contribution < 1.29 is 19.4 Å². The lowest BCUT2D eigenvalue weighted by Crippen LogP contribution is -2.32. The van der Waals surface area contributed by atoms with Crippen molar-refractivity contribution >= 4 is 28.0 Å². The fraction of sp³-hybridized carbons (Fsp3) is 0.348. The summed E-state index contributed by atoms with van der Waals surface area (Å²) in [5, 5.41) is 14.9. The van der Waals surface area contributed by atoms with Crippen LogP contribution in [0.15, 0.2) is 54.6 Å². The number of hydrogen-bond acceptors (Lipinski definition) is 6. The monoisotopic (exact) mass is 500 g/mol. The van der Waals surface area contributed by atoms with Gasteiger partial charge >= 0.3 is 6.09 Å². The zero-order valence-electron chi connectivity index (χ0n) is 17.6. The van der Waals surface area contributed by atoms with Gasteiger partial charge in [-0.2, -0.15) is 4.98 Å². The molecule has 1 unspecified atom stereocenters. The van der Waals surface area contributed by atoms with Gasteiger partial charge in [0.1, 0.15) is 12.4 Å². The third kappa shape index (κ3) is 5.28. The van der Waals surface area contributed by atoms with Gasteiger partial charge in [0.25, 0.3) is 5.95 Å². The first-order valence-electron chi connectivity index (χ1n) is 10.6. The molecular formula is C23H25BrN4O4. The fourth-order valence-corrected chi connectivity index (χ4v) is 3.70. The van der Waals surface area contributed by atoms with Gasteiger partial charge in [0.15, 0.2) is 12.1 Å². The Kier molecular flexibility index (Phi) is 7.39. The number of ether oxygens (including phenoxy) is 2. The summed E-state index contributed by atoms with van der Waals surface area (Å²) in [4.78, 5) is 19.1. The highest BCUT2D eigenvalue weighted by Gasteiger charge is 2.28. The minimum Gasteiger partial charge on any atom is -0.508 e. The van der Waals surface area contributed by atoms with Gasteiger partial charge in [-0.1, -0.05) is 46.3 Å². The lowest BCUT2D eigenvalue weighted by molar-refractivity contribution is -0.0384. The van der Waals surface area contributed by atoms with Crippen LogP contribution in [-0.4, -0.2) is 44.5 Å². The molecule has 0 saturated carbocycles. The van der Waals surface area contributed by atoms with Crippen LogP contribution in [0.1, 0.15) is 31.1 Å². The highest BCUT2D eigenvalue weighted by molar-refractivity contribution is 9.09. The molecule has 4 rings (SSSR count). The van der Waals surface area contributed by atoms with Crippen molar-refractivity contribution in [2.24, 2.45) is 0 Å². The summed E-state index contributed by atoms with van der Waals surface area (Å²) < 4.78 is 13.1. The van der Waals surface area contributed by atoms with E-state index in [9.17, 15) is 9.90 Å². The molecule has 1 saturated heterocycles. The smallest absolute Gasteiger partial charge is 0.417 e. The quantitative estimate of drug-likeness (QED) is 0.464. The molecule has 1 amide bonds. The topological polar surface area (TPSA) is 89.7 Å². The Morgan fingerprint density at radius 1 is 1.19 bits per heavy atom. The van der Waals surface area contributed by atoms with Crippen LogP contribution in [0.5, 0.6) is 5.75 Å². The lowest BCUT2D eigenvalue weighted by atomic mass is 10.1. The average molecular weight is 501 g/mol. The van der Waals surface area contributed by atoms with E-state index in [-0.39, 0.29) is 31.1 Å². The van der Waals surface area contributed by atoms with Crippen molar-refractivity contribution in [3.63, 3.8) is 0 Å². The summed E-state index contributed by atoms with van der Waals surface area (Å²) >= 11 is 3.29. The van der Waals surface area contributed by atoms with Gasteiger partial charge in [0.2, 0.25) is 0 Å². The molecule has 2 heterocycles. The normalized spacial score (nSPS) is 16.0. The zero-order valence-corrected chi connectivity index (χ0v) is 19.1. The molecule has 1 N–H and O–H groups in total. The van der Waals surface area contributed by atoms with Gasteiger partial charge in [-0.25, -0.2) is 14.4 Å². The minimum atomic E-state index is -0.521. The fourth-order valence-electron chi connectivity index (χ4n) is 3.54. The van der Waals surface area contributed by atoms with E-state index < -0.39 is 6.09 Å². The predicted molar refractivity (Wildman–Crippen MR) is 124 cm³/mol. The Bertz CT molecular complexity index is 1020. The molecule has 1 aliphatic heterocycles. The Morgan fingerprint density at radius 3 is 2.66 bits per heavy atom. The molecule has 0 radical (unpaired) electrons. The second-order valence-corrected chi connectivity index (χ2v) is 8.22. The van der Waals surface area contributed by atoms with E-state index in [1.807, 2.05) is 30.3 Å². The Balaban J connectivity index is 1.74. The van der Waals surface area contributed by atoms with Gasteiger partial charge in [-0.15, -0.1) is 5.10 Å². The summed E-state index contributed by atoms with van der Waals surface area (Å²) in [6.45, 7) is 1.16. The molecule has 0 spiro atoms. The molecule has 0 bridgehead atoms. The van der Waals surface area contributed by atoms with E-state index in [4.69, 9.17) is 14.5 Å². The Morgan fingerprint density at radius 2 is 1.97 bits per heavy atom. The number of halogens is 1. The molecule has 1 fully saturated rings. The van der Waals surface area contributed by atoms with Crippen LogP contribution in [0, 0.1) is 0 Å². The maximum Gasteiger partial charge on any atom is 0.417 e. The Hall–Kier alpha value is -2.91. The second kappa shape index (κ2) is 10.6. The standard InChI is InChI=1S/C23H25BrN4O4/c24-13-15-32-23(30)27(16-17-6-2-1-3-7-17)22-25-21(18-9-11-19(29)12-10-18)28(26-22)20-8-4-5-14-31-20/h1-3,6-7,9-12,20,29H,4-5,8,13-16H2. The third-order valence-electron chi connectivity index (χ3n) is 5.12. The third-order valence-corrected chi connectivity index (χ3v) is 5.45. The highest BCUT2D eigenvalue weighted by Crippen LogP contribution is 2.30. The van der Waals surface area contributed by atoms with Gasteiger partial charge in [0.05, 0.1) is 6.54 Å².